The van der Waals surface area contributed by atoms with Crippen LogP contribution in [0.3, 0.4) is 0 Å². The molecule has 1 heterocycles. The molecule has 0 aromatic heterocycles. The predicted octanol–water partition coefficient (Wildman–Crippen LogP) is 5.13. The summed E-state index contributed by atoms with van der Waals surface area (Å²) in [4.78, 5) is 11.3. The van der Waals surface area contributed by atoms with Crippen LogP contribution in [0, 0.1) is 0 Å². The Bertz CT molecular complexity index is 587. The Morgan fingerprint density at radius 1 is 1.16 bits per heavy atom. The van der Waals surface area contributed by atoms with E-state index in [2.05, 4.69) is 40.8 Å². The van der Waals surface area contributed by atoms with Crippen molar-refractivity contribution in [2.75, 3.05) is 19.8 Å². The highest BCUT2D eigenvalue weighted by Gasteiger charge is 2.38. The van der Waals surface area contributed by atoms with Crippen LogP contribution in [0.25, 0.3) is 0 Å². The summed E-state index contributed by atoms with van der Waals surface area (Å²) in [5.74, 6) is -1.26. The quantitative estimate of drug-likeness (QED) is 0.136. The van der Waals surface area contributed by atoms with Crippen LogP contribution in [0.15, 0.2) is 24.3 Å². The first-order valence-electron chi connectivity index (χ1n) is 11.6. The van der Waals surface area contributed by atoms with Gasteiger partial charge in [-0.25, -0.2) is 4.79 Å². The fraction of sp³-hybridized carbons (Fsp3) is 0.792. The van der Waals surface area contributed by atoms with Gasteiger partial charge >= 0.3 is 5.97 Å². The molecule has 1 unspecified atom stereocenters. The van der Waals surface area contributed by atoms with Crippen LogP contribution in [0.5, 0.6) is 0 Å². The molecule has 0 bridgehead atoms. The summed E-state index contributed by atoms with van der Waals surface area (Å²) in [5.41, 5.74) is 0. The number of rotatable bonds is 13. The van der Waals surface area contributed by atoms with Crippen molar-refractivity contribution in [3.8, 4) is 0 Å². The van der Waals surface area contributed by atoms with E-state index < -0.39 is 26.2 Å². The number of aliphatic hydroxyl groups is 1. The molecule has 0 amide bonds. The number of aliphatic hydroxyl groups excluding tert-OH is 1. The van der Waals surface area contributed by atoms with Crippen molar-refractivity contribution in [3.63, 3.8) is 0 Å². The summed E-state index contributed by atoms with van der Waals surface area (Å²) >= 11 is 0. The molecule has 6 nitrogen and oxygen atoms in total. The van der Waals surface area contributed by atoms with Gasteiger partial charge in [0, 0.05) is 18.6 Å². The van der Waals surface area contributed by atoms with Gasteiger partial charge in [0.2, 0.25) is 0 Å². The van der Waals surface area contributed by atoms with Gasteiger partial charge in [0.15, 0.2) is 14.1 Å². The number of unbranched alkanes of at least 4 members (excludes halogenated alkanes) is 2. The summed E-state index contributed by atoms with van der Waals surface area (Å²) in [5, 5.41) is 10.3. The molecule has 180 valence electrons. The molecule has 2 atom stereocenters. The molecule has 1 N–H and O–H groups in total. The van der Waals surface area contributed by atoms with E-state index in [0.717, 1.165) is 32.1 Å². The van der Waals surface area contributed by atoms with Crippen molar-refractivity contribution in [3.05, 3.63) is 24.3 Å². The maximum Gasteiger partial charge on any atom is 0.330 e. The van der Waals surface area contributed by atoms with Crippen LogP contribution in [0.1, 0.15) is 66.7 Å². The standard InChI is InChI=1S/C24H44O6Si/c1-8-27-22(26)14-13-21(25)15-17-24(28-18-19-29-24)16-11-9-10-12-20(2)30-31(6,7)23(3,4)5/h13-15,17,20-21,25H,8-12,16,18-19H2,1-7H3/b14-13+,17-15+/t20-,21?/m0/s1. The topological polar surface area (TPSA) is 74.2 Å². The molecule has 0 aliphatic carbocycles. The van der Waals surface area contributed by atoms with Gasteiger partial charge in [-0.05, 0) is 57.0 Å². The zero-order valence-electron chi connectivity index (χ0n) is 20.6. The minimum Gasteiger partial charge on any atom is -0.463 e. The van der Waals surface area contributed by atoms with Crippen LogP contribution in [0.4, 0.5) is 0 Å². The van der Waals surface area contributed by atoms with Crippen molar-refractivity contribution in [2.45, 2.75) is 103 Å². The van der Waals surface area contributed by atoms with E-state index in [1.165, 1.54) is 12.2 Å². The van der Waals surface area contributed by atoms with Gasteiger partial charge in [-0.2, -0.15) is 0 Å². The van der Waals surface area contributed by atoms with Crippen LogP contribution in [-0.4, -0.2) is 57.2 Å². The summed E-state index contributed by atoms with van der Waals surface area (Å²) < 4.78 is 22.9. The Balaban J connectivity index is 2.42. The zero-order chi connectivity index (χ0) is 23.5. The van der Waals surface area contributed by atoms with Gasteiger partial charge in [0.05, 0.1) is 25.9 Å². The molecule has 1 fully saturated rings. The van der Waals surface area contributed by atoms with Crippen molar-refractivity contribution < 1.29 is 28.5 Å². The summed E-state index contributed by atoms with van der Waals surface area (Å²) in [6.07, 6.45) is 10.3. The Morgan fingerprint density at radius 3 is 2.39 bits per heavy atom. The van der Waals surface area contributed by atoms with Gasteiger partial charge in [-0.3, -0.25) is 0 Å². The Hall–Kier alpha value is -0.993. The zero-order valence-corrected chi connectivity index (χ0v) is 21.6. The van der Waals surface area contributed by atoms with Gasteiger partial charge in [0.25, 0.3) is 0 Å². The molecule has 31 heavy (non-hydrogen) atoms. The van der Waals surface area contributed by atoms with Crippen LogP contribution in [-0.2, 0) is 23.4 Å². The van der Waals surface area contributed by atoms with E-state index in [1.54, 1.807) is 19.1 Å². The molecule has 0 aromatic carbocycles. The van der Waals surface area contributed by atoms with Gasteiger partial charge in [0.1, 0.15) is 0 Å². The average Bonchev–Trinajstić information content (AvgIpc) is 3.12. The Kier molecular flexibility index (Phi) is 11.7. The highest BCUT2D eigenvalue weighted by Crippen LogP contribution is 2.37. The van der Waals surface area contributed by atoms with Crippen LogP contribution in [0.2, 0.25) is 18.1 Å². The molecule has 1 rings (SSSR count). The van der Waals surface area contributed by atoms with E-state index in [1.807, 2.05) is 0 Å². The van der Waals surface area contributed by atoms with Gasteiger partial charge < -0.3 is 23.7 Å². The number of hydrogen-bond donors (Lipinski definition) is 1. The lowest BCUT2D eigenvalue weighted by Gasteiger charge is -2.38. The van der Waals surface area contributed by atoms with E-state index in [9.17, 15) is 9.90 Å². The summed E-state index contributed by atoms with van der Waals surface area (Å²) in [6.45, 7) is 16.7. The third-order valence-electron chi connectivity index (χ3n) is 5.98. The SMILES string of the molecule is CCOC(=O)/C=C/C(O)/C=C/C1(CCCCC[C@H](C)O[Si](C)(C)C(C)(C)C)OCCO1. The van der Waals surface area contributed by atoms with Crippen LogP contribution < -0.4 is 0 Å². The van der Waals surface area contributed by atoms with E-state index in [4.69, 9.17) is 18.6 Å². The Morgan fingerprint density at radius 2 is 1.81 bits per heavy atom. The summed E-state index contributed by atoms with van der Waals surface area (Å²) in [7, 11) is -1.72. The molecule has 0 spiro atoms. The van der Waals surface area contributed by atoms with E-state index >= 15 is 0 Å². The maximum atomic E-state index is 11.3. The normalized spacial score (nSPS) is 19.2. The molecular formula is C24H44O6Si. The van der Waals surface area contributed by atoms with E-state index in [0.29, 0.717) is 19.8 Å². The highest BCUT2D eigenvalue weighted by atomic mass is 28.4. The number of esters is 1. The van der Waals surface area contributed by atoms with Crippen LogP contribution >= 0.6 is 0 Å². The van der Waals surface area contributed by atoms with Crippen molar-refractivity contribution in [1.29, 1.82) is 0 Å². The molecule has 1 aliphatic rings. The second kappa shape index (κ2) is 12.9. The minimum absolute atomic E-state index is 0.229. The van der Waals surface area contributed by atoms with Gasteiger partial charge in [-0.1, -0.05) is 39.7 Å². The number of carbonyl (C=O) groups is 1. The fourth-order valence-electron chi connectivity index (χ4n) is 3.19. The minimum atomic E-state index is -1.72. The maximum absolute atomic E-state index is 11.3. The largest absolute Gasteiger partial charge is 0.463 e. The third-order valence-corrected chi connectivity index (χ3v) is 10.6. The third kappa shape index (κ3) is 10.4. The first-order valence-corrected chi connectivity index (χ1v) is 14.5. The first-order chi connectivity index (χ1) is 14.4. The van der Waals surface area contributed by atoms with Crippen molar-refractivity contribution in [1.82, 2.24) is 0 Å². The monoisotopic (exact) mass is 456 g/mol. The second-order valence-electron chi connectivity index (χ2n) is 9.76. The molecule has 1 saturated heterocycles. The molecule has 0 saturated carbocycles. The first kappa shape index (κ1) is 28.0. The average molecular weight is 457 g/mol. The number of hydrogen-bond acceptors (Lipinski definition) is 6. The summed E-state index contributed by atoms with van der Waals surface area (Å²) in [6, 6.07) is 0. The lowest BCUT2D eigenvalue weighted by Crippen LogP contribution is -2.43. The highest BCUT2D eigenvalue weighted by molar-refractivity contribution is 6.74. The fourth-order valence-corrected chi connectivity index (χ4v) is 4.67. The van der Waals surface area contributed by atoms with Crippen molar-refractivity contribution >= 4 is 14.3 Å². The lowest BCUT2D eigenvalue weighted by atomic mass is 10.0. The predicted molar refractivity (Wildman–Crippen MR) is 126 cm³/mol. The number of carbonyl (C=O) groups excluding carboxylic acids is 1. The second-order valence-corrected chi connectivity index (χ2v) is 14.5. The number of ether oxygens (including phenoxy) is 3. The molecule has 7 heteroatoms. The molecule has 0 radical (unpaired) electrons. The molecular weight excluding hydrogens is 412 g/mol. The molecule has 0 aromatic rings. The molecule has 1 aliphatic heterocycles. The smallest absolute Gasteiger partial charge is 0.330 e. The van der Waals surface area contributed by atoms with Gasteiger partial charge in [-0.15, -0.1) is 0 Å². The van der Waals surface area contributed by atoms with E-state index in [-0.39, 0.29) is 11.1 Å². The van der Waals surface area contributed by atoms with Crippen molar-refractivity contribution in [2.24, 2.45) is 0 Å². The lowest BCUT2D eigenvalue weighted by molar-refractivity contribution is -0.137. The Labute approximate surface area is 190 Å².